The largest absolute Gasteiger partial charge is 0.305 e. The average Bonchev–Trinajstić information content (AvgIpc) is 3.10. The van der Waals surface area contributed by atoms with Gasteiger partial charge < -0.3 is 4.57 Å². The number of hydrogen-bond acceptors (Lipinski definition) is 4. The SMILES string of the molecule is C#CCn1c(=NC(=O)C2CCCN(S(=O)(=O)c3ccccc3)C2)sc2cc(C)c(C)cc21. The average molecular weight is 468 g/mol. The van der Waals surface area contributed by atoms with Crippen LogP contribution >= 0.6 is 11.3 Å². The first-order valence-electron chi connectivity index (χ1n) is 10.5. The zero-order valence-corrected chi connectivity index (χ0v) is 19.7. The number of terminal acetylenes is 1. The maximum atomic E-state index is 13.1. The van der Waals surface area contributed by atoms with E-state index in [0.29, 0.717) is 30.7 Å². The van der Waals surface area contributed by atoms with Crippen LogP contribution in [0.25, 0.3) is 10.2 Å². The zero-order valence-electron chi connectivity index (χ0n) is 18.1. The van der Waals surface area contributed by atoms with Crippen molar-refractivity contribution in [1.82, 2.24) is 8.87 Å². The highest BCUT2D eigenvalue weighted by Crippen LogP contribution is 2.25. The van der Waals surface area contributed by atoms with Crippen LogP contribution in [0.1, 0.15) is 24.0 Å². The Morgan fingerprint density at radius 1 is 1.22 bits per heavy atom. The molecule has 1 amide bonds. The van der Waals surface area contributed by atoms with Crippen LogP contribution in [0, 0.1) is 32.1 Å². The molecule has 0 saturated carbocycles. The molecule has 0 radical (unpaired) electrons. The van der Waals surface area contributed by atoms with E-state index in [1.165, 1.54) is 21.2 Å². The summed E-state index contributed by atoms with van der Waals surface area (Å²) in [6.45, 7) is 4.94. The molecule has 2 aromatic carbocycles. The fourth-order valence-electron chi connectivity index (χ4n) is 3.94. The highest BCUT2D eigenvalue weighted by Gasteiger charge is 2.33. The van der Waals surface area contributed by atoms with Gasteiger partial charge in [0.1, 0.15) is 0 Å². The van der Waals surface area contributed by atoms with Crippen molar-refractivity contribution in [3.63, 3.8) is 0 Å². The molecule has 1 fully saturated rings. The predicted octanol–water partition coefficient (Wildman–Crippen LogP) is 3.48. The second-order valence-corrected chi connectivity index (χ2v) is 11.0. The number of sulfonamides is 1. The van der Waals surface area contributed by atoms with E-state index in [9.17, 15) is 13.2 Å². The highest BCUT2D eigenvalue weighted by atomic mass is 32.2. The molecule has 166 valence electrons. The Hall–Kier alpha value is -2.73. The Bertz CT molecular complexity index is 1380. The molecule has 0 aliphatic carbocycles. The van der Waals surface area contributed by atoms with Crippen LogP contribution in [-0.2, 0) is 21.4 Å². The summed E-state index contributed by atoms with van der Waals surface area (Å²) in [5, 5.41) is 0. The lowest BCUT2D eigenvalue weighted by Gasteiger charge is -2.30. The van der Waals surface area contributed by atoms with E-state index >= 15 is 0 Å². The molecule has 0 bridgehead atoms. The summed E-state index contributed by atoms with van der Waals surface area (Å²) >= 11 is 1.43. The van der Waals surface area contributed by atoms with Gasteiger partial charge in [0.15, 0.2) is 4.80 Å². The van der Waals surface area contributed by atoms with Gasteiger partial charge in [0.25, 0.3) is 5.91 Å². The lowest BCUT2D eigenvalue weighted by Crippen LogP contribution is -2.42. The van der Waals surface area contributed by atoms with Crippen molar-refractivity contribution in [1.29, 1.82) is 0 Å². The molecule has 1 unspecified atom stereocenters. The van der Waals surface area contributed by atoms with Crippen LogP contribution < -0.4 is 4.80 Å². The van der Waals surface area contributed by atoms with Crippen molar-refractivity contribution in [2.75, 3.05) is 13.1 Å². The van der Waals surface area contributed by atoms with Crippen molar-refractivity contribution in [3.05, 3.63) is 58.4 Å². The summed E-state index contributed by atoms with van der Waals surface area (Å²) in [5.41, 5.74) is 3.27. The van der Waals surface area contributed by atoms with Gasteiger partial charge in [-0.3, -0.25) is 4.79 Å². The number of rotatable bonds is 4. The number of hydrogen-bond donors (Lipinski definition) is 0. The number of thiazole rings is 1. The topological polar surface area (TPSA) is 71.7 Å². The Morgan fingerprint density at radius 2 is 1.94 bits per heavy atom. The number of piperidine rings is 1. The second kappa shape index (κ2) is 9.02. The summed E-state index contributed by atoms with van der Waals surface area (Å²) in [4.78, 5) is 18.3. The maximum Gasteiger partial charge on any atom is 0.252 e. The minimum atomic E-state index is -3.64. The molecule has 0 spiro atoms. The third-order valence-corrected chi connectivity index (χ3v) is 8.79. The fourth-order valence-corrected chi connectivity index (χ4v) is 6.60. The number of amides is 1. The normalized spacial score (nSPS) is 18.0. The molecule has 1 aromatic heterocycles. The lowest BCUT2D eigenvalue weighted by atomic mass is 9.99. The minimum absolute atomic E-state index is 0.137. The summed E-state index contributed by atoms with van der Waals surface area (Å²) in [6.07, 6.45) is 6.81. The quantitative estimate of drug-likeness (QED) is 0.552. The molecule has 1 aliphatic rings. The highest BCUT2D eigenvalue weighted by molar-refractivity contribution is 7.89. The van der Waals surface area contributed by atoms with Crippen LogP contribution in [0.2, 0.25) is 0 Å². The number of carbonyl (C=O) groups is 1. The smallest absolute Gasteiger partial charge is 0.252 e. The monoisotopic (exact) mass is 467 g/mol. The number of aromatic nitrogens is 1. The maximum absolute atomic E-state index is 13.1. The predicted molar refractivity (Wildman–Crippen MR) is 127 cm³/mol. The van der Waals surface area contributed by atoms with Crippen molar-refractivity contribution >= 4 is 37.5 Å². The number of aryl methyl sites for hydroxylation is 2. The van der Waals surface area contributed by atoms with Gasteiger partial charge in [0.05, 0.1) is 27.6 Å². The number of nitrogens with zero attached hydrogens (tertiary/aromatic N) is 3. The van der Waals surface area contributed by atoms with Crippen LogP contribution in [-0.4, -0.2) is 36.3 Å². The van der Waals surface area contributed by atoms with E-state index in [0.717, 1.165) is 15.8 Å². The molecule has 6 nitrogen and oxygen atoms in total. The van der Waals surface area contributed by atoms with E-state index < -0.39 is 15.9 Å². The second-order valence-electron chi connectivity index (χ2n) is 8.04. The fraction of sp³-hybridized carbons (Fsp3) is 0.333. The van der Waals surface area contributed by atoms with Crippen LogP contribution in [0.5, 0.6) is 0 Å². The van der Waals surface area contributed by atoms with Crippen molar-refractivity contribution in [2.24, 2.45) is 10.9 Å². The third kappa shape index (κ3) is 4.29. The standard InChI is InChI=1S/C24H25N3O3S2/c1-4-12-27-21-14-17(2)18(3)15-22(21)31-24(27)25-23(28)19-9-8-13-26(16-19)32(29,30)20-10-6-5-7-11-20/h1,5-7,10-11,14-15,19H,8-9,12-13,16H2,2-3H3. The Labute approximate surface area is 192 Å². The molecule has 0 N–H and O–H groups in total. The Morgan fingerprint density at radius 3 is 2.66 bits per heavy atom. The molecular formula is C24H25N3O3S2. The molecule has 1 aliphatic heterocycles. The van der Waals surface area contributed by atoms with Crippen molar-refractivity contribution in [3.8, 4) is 12.3 Å². The first-order chi connectivity index (χ1) is 15.3. The number of fused-ring (bicyclic) bond motifs is 1. The minimum Gasteiger partial charge on any atom is -0.305 e. The number of carbonyl (C=O) groups excluding carboxylic acids is 1. The van der Waals surface area contributed by atoms with E-state index in [2.05, 4.69) is 23.0 Å². The molecule has 4 rings (SSSR count). The summed E-state index contributed by atoms with van der Waals surface area (Å²) in [5.74, 6) is 1.87. The van der Waals surface area contributed by atoms with E-state index in [4.69, 9.17) is 6.42 Å². The molecule has 3 aromatic rings. The van der Waals surface area contributed by atoms with Crippen LogP contribution in [0.15, 0.2) is 52.4 Å². The molecule has 2 heterocycles. The lowest BCUT2D eigenvalue weighted by molar-refractivity contribution is -0.122. The van der Waals surface area contributed by atoms with E-state index in [1.807, 2.05) is 18.4 Å². The molecule has 1 atom stereocenters. The Kier molecular flexibility index (Phi) is 6.33. The van der Waals surface area contributed by atoms with Gasteiger partial charge in [-0.25, -0.2) is 8.42 Å². The number of benzene rings is 2. The first-order valence-corrected chi connectivity index (χ1v) is 12.7. The van der Waals surface area contributed by atoms with Gasteiger partial charge in [0, 0.05) is 13.1 Å². The molecular weight excluding hydrogens is 442 g/mol. The summed E-state index contributed by atoms with van der Waals surface area (Å²) in [6, 6.07) is 12.5. The van der Waals surface area contributed by atoms with Crippen molar-refractivity contribution < 1.29 is 13.2 Å². The van der Waals surface area contributed by atoms with E-state index in [-0.39, 0.29) is 17.3 Å². The van der Waals surface area contributed by atoms with Gasteiger partial charge >= 0.3 is 0 Å². The van der Waals surface area contributed by atoms with Gasteiger partial charge in [0.2, 0.25) is 10.0 Å². The van der Waals surface area contributed by atoms with Gasteiger partial charge in [-0.15, -0.1) is 6.42 Å². The molecule has 8 heteroatoms. The Balaban J connectivity index is 1.66. The first kappa shape index (κ1) is 22.5. The van der Waals surface area contributed by atoms with Crippen LogP contribution in [0.4, 0.5) is 0 Å². The summed E-state index contributed by atoms with van der Waals surface area (Å²) in [7, 11) is -3.64. The van der Waals surface area contributed by atoms with Crippen molar-refractivity contribution in [2.45, 2.75) is 38.1 Å². The molecule has 1 saturated heterocycles. The van der Waals surface area contributed by atoms with Crippen LogP contribution in [0.3, 0.4) is 0 Å². The zero-order chi connectivity index (χ0) is 22.9. The van der Waals surface area contributed by atoms with Gasteiger partial charge in [-0.1, -0.05) is 35.5 Å². The third-order valence-electron chi connectivity index (χ3n) is 5.87. The van der Waals surface area contributed by atoms with E-state index in [1.54, 1.807) is 30.3 Å². The summed E-state index contributed by atoms with van der Waals surface area (Å²) < 4.78 is 30.3. The molecule has 32 heavy (non-hydrogen) atoms. The van der Waals surface area contributed by atoms with Gasteiger partial charge in [-0.2, -0.15) is 9.30 Å². The van der Waals surface area contributed by atoms with Gasteiger partial charge in [-0.05, 0) is 62.1 Å².